The number of rotatable bonds is 4. The van der Waals surface area contributed by atoms with E-state index >= 15 is 0 Å². The fraction of sp³-hybridized carbons (Fsp3) is 0.0714. The minimum absolute atomic E-state index is 0.0441. The van der Waals surface area contributed by atoms with Gasteiger partial charge in [-0.05, 0) is 36.4 Å². The SMILES string of the molecule is Cc1cc([N+](=O)[O-])cnc1Sc1nnc(-c2ccccc2)o1. The van der Waals surface area contributed by atoms with Gasteiger partial charge in [0.05, 0.1) is 4.92 Å². The molecule has 0 aliphatic heterocycles. The summed E-state index contributed by atoms with van der Waals surface area (Å²) < 4.78 is 5.57. The monoisotopic (exact) mass is 314 g/mol. The maximum Gasteiger partial charge on any atom is 0.287 e. The normalized spacial score (nSPS) is 10.6. The Kier molecular flexibility index (Phi) is 3.84. The maximum atomic E-state index is 10.7. The van der Waals surface area contributed by atoms with E-state index in [9.17, 15) is 10.1 Å². The molecule has 8 heteroatoms. The van der Waals surface area contributed by atoms with Crippen molar-refractivity contribution < 1.29 is 9.34 Å². The molecule has 0 atom stereocenters. The van der Waals surface area contributed by atoms with Crippen molar-refractivity contribution in [3.63, 3.8) is 0 Å². The van der Waals surface area contributed by atoms with Crippen LogP contribution in [0.5, 0.6) is 0 Å². The third-order valence-electron chi connectivity index (χ3n) is 2.84. The molecule has 0 aliphatic carbocycles. The van der Waals surface area contributed by atoms with E-state index in [1.165, 1.54) is 24.0 Å². The predicted octanol–water partition coefficient (Wildman–Crippen LogP) is 3.50. The molecule has 1 aromatic carbocycles. The molecule has 110 valence electrons. The second kappa shape index (κ2) is 5.94. The molecule has 0 N–H and O–H groups in total. The summed E-state index contributed by atoms with van der Waals surface area (Å²) in [5.74, 6) is 0.419. The summed E-state index contributed by atoms with van der Waals surface area (Å²) in [6.07, 6.45) is 1.21. The number of hydrogen-bond acceptors (Lipinski definition) is 7. The van der Waals surface area contributed by atoms with Crippen LogP contribution in [0.15, 0.2) is 57.3 Å². The predicted molar refractivity (Wildman–Crippen MR) is 79.5 cm³/mol. The molecule has 0 saturated carbocycles. The lowest BCUT2D eigenvalue weighted by Crippen LogP contribution is -1.92. The zero-order chi connectivity index (χ0) is 15.5. The highest BCUT2D eigenvalue weighted by atomic mass is 32.2. The van der Waals surface area contributed by atoms with Crippen LogP contribution in [0.2, 0.25) is 0 Å². The molecule has 2 heterocycles. The minimum atomic E-state index is -0.478. The molecular formula is C14H10N4O3S. The Bertz CT molecular complexity index is 820. The average Bonchev–Trinajstić information content (AvgIpc) is 2.98. The van der Waals surface area contributed by atoms with E-state index in [2.05, 4.69) is 15.2 Å². The van der Waals surface area contributed by atoms with Gasteiger partial charge in [0.2, 0.25) is 5.89 Å². The number of benzene rings is 1. The number of nitro groups is 1. The molecule has 7 nitrogen and oxygen atoms in total. The van der Waals surface area contributed by atoms with Crippen LogP contribution in [0.25, 0.3) is 11.5 Å². The van der Waals surface area contributed by atoms with Gasteiger partial charge in [0.1, 0.15) is 11.2 Å². The fourth-order valence-electron chi connectivity index (χ4n) is 1.79. The van der Waals surface area contributed by atoms with Crippen molar-refractivity contribution >= 4 is 17.4 Å². The van der Waals surface area contributed by atoms with E-state index in [0.29, 0.717) is 21.7 Å². The van der Waals surface area contributed by atoms with Crippen LogP contribution in [0.1, 0.15) is 5.56 Å². The van der Waals surface area contributed by atoms with E-state index in [-0.39, 0.29) is 5.69 Å². The van der Waals surface area contributed by atoms with Gasteiger partial charge in [0.15, 0.2) is 0 Å². The lowest BCUT2D eigenvalue weighted by atomic mass is 10.2. The first-order valence-corrected chi connectivity index (χ1v) is 7.13. The Balaban J connectivity index is 1.82. The van der Waals surface area contributed by atoms with Crippen molar-refractivity contribution in [1.82, 2.24) is 15.2 Å². The summed E-state index contributed by atoms with van der Waals surface area (Å²) in [7, 11) is 0. The Morgan fingerprint density at radius 1 is 1.23 bits per heavy atom. The van der Waals surface area contributed by atoms with Gasteiger partial charge in [-0.2, -0.15) is 0 Å². The third kappa shape index (κ3) is 2.96. The van der Waals surface area contributed by atoms with E-state index < -0.39 is 4.92 Å². The molecule has 3 rings (SSSR count). The highest BCUT2D eigenvalue weighted by Crippen LogP contribution is 2.30. The van der Waals surface area contributed by atoms with Crippen molar-refractivity contribution in [2.75, 3.05) is 0 Å². The first kappa shape index (κ1) is 14.2. The van der Waals surface area contributed by atoms with Crippen LogP contribution in [0.3, 0.4) is 0 Å². The lowest BCUT2D eigenvalue weighted by Gasteiger charge is -2.00. The molecule has 0 saturated heterocycles. The lowest BCUT2D eigenvalue weighted by molar-refractivity contribution is -0.385. The topological polar surface area (TPSA) is 95.0 Å². The maximum absolute atomic E-state index is 10.7. The standard InChI is InChI=1S/C14H10N4O3S/c1-9-7-11(18(19)20)8-15-13(9)22-14-17-16-12(21-14)10-5-3-2-4-6-10/h2-8H,1H3. The van der Waals surface area contributed by atoms with Gasteiger partial charge in [-0.25, -0.2) is 4.98 Å². The minimum Gasteiger partial charge on any atom is -0.411 e. The molecule has 2 aromatic heterocycles. The summed E-state index contributed by atoms with van der Waals surface area (Å²) in [4.78, 5) is 14.3. The number of hydrogen-bond donors (Lipinski definition) is 0. The Morgan fingerprint density at radius 2 is 2.00 bits per heavy atom. The van der Waals surface area contributed by atoms with Gasteiger partial charge in [-0.1, -0.05) is 18.2 Å². The number of aromatic nitrogens is 3. The first-order chi connectivity index (χ1) is 10.6. The molecule has 0 spiro atoms. The number of aryl methyl sites for hydroxylation is 1. The summed E-state index contributed by atoms with van der Waals surface area (Å²) in [5.41, 5.74) is 1.46. The molecule has 22 heavy (non-hydrogen) atoms. The van der Waals surface area contributed by atoms with Gasteiger partial charge < -0.3 is 4.42 Å². The van der Waals surface area contributed by atoms with Crippen LogP contribution in [0, 0.1) is 17.0 Å². The number of nitrogens with zero attached hydrogens (tertiary/aromatic N) is 4. The average molecular weight is 314 g/mol. The zero-order valence-corrected chi connectivity index (χ0v) is 12.3. The largest absolute Gasteiger partial charge is 0.411 e. The van der Waals surface area contributed by atoms with Crippen molar-refractivity contribution in [3.8, 4) is 11.5 Å². The van der Waals surface area contributed by atoms with Crippen molar-refractivity contribution in [2.24, 2.45) is 0 Å². The number of pyridine rings is 1. The molecule has 0 radical (unpaired) electrons. The van der Waals surface area contributed by atoms with Crippen LogP contribution in [-0.4, -0.2) is 20.1 Å². The zero-order valence-electron chi connectivity index (χ0n) is 11.5. The van der Waals surface area contributed by atoms with Gasteiger partial charge in [-0.3, -0.25) is 10.1 Å². The van der Waals surface area contributed by atoms with Crippen LogP contribution in [-0.2, 0) is 0 Å². The summed E-state index contributed by atoms with van der Waals surface area (Å²) in [6, 6.07) is 10.9. The van der Waals surface area contributed by atoms with Crippen molar-refractivity contribution in [3.05, 3.63) is 58.3 Å². The quantitative estimate of drug-likeness (QED) is 0.537. The molecule has 0 amide bonds. The molecule has 0 aliphatic rings. The van der Waals surface area contributed by atoms with E-state index in [4.69, 9.17) is 4.42 Å². The second-order valence-corrected chi connectivity index (χ2v) is 5.35. The van der Waals surface area contributed by atoms with Crippen molar-refractivity contribution in [2.45, 2.75) is 17.2 Å². The van der Waals surface area contributed by atoms with E-state index in [1.54, 1.807) is 6.92 Å². The van der Waals surface area contributed by atoms with Gasteiger partial charge in [0.25, 0.3) is 10.9 Å². The highest BCUT2D eigenvalue weighted by Gasteiger charge is 2.14. The van der Waals surface area contributed by atoms with Gasteiger partial charge >= 0.3 is 0 Å². The van der Waals surface area contributed by atoms with Gasteiger partial charge in [0, 0.05) is 11.6 Å². The summed E-state index contributed by atoms with van der Waals surface area (Å²) in [6.45, 7) is 1.75. The Hall–Kier alpha value is -2.74. The van der Waals surface area contributed by atoms with Crippen LogP contribution >= 0.6 is 11.8 Å². The smallest absolute Gasteiger partial charge is 0.287 e. The van der Waals surface area contributed by atoms with Crippen LogP contribution in [0.4, 0.5) is 5.69 Å². The highest BCUT2D eigenvalue weighted by molar-refractivity contribution is 7.99. The van der Waals surface area contributed by atoms with E-state index in [0.717, 1.165) is 5.56 Å². The molecule has 0 unspecified atom stereocenters. The Morgan fingerprint density at radius 3 is 2.68 bits per heavy atom. The second-order valence-electron chi connectivity index (χ2n) is 4.41. The van der Waals surface area contributed by atoms with Crippen LogP contribution < -0.4 is 0 Å². The Labute approximate surface area is 129 Å². The fourth-order valence-corrected chi connectivity index (χ4v) is 2.48. The molecule has 0 fully saturated rings. The summed E-state index contributed by atoms with van der Waals surface area (Å²) >= 11 is 1.18. The third-order valence-corrected chi connectivity index (χ3v) is 3.80. The molecular weight excluding hydrogens is 304 g/mol. The first-order valence-electron chi connectivity index (χ1n) is 6.31. The summed E-state index contributed by atoms with van der Waals surface area (Å²) in [5, 5.41) is 19.6. The molecule has 3 aromatic rings. The van der Waals surface area contributed by atoms with Gasteiger partial charge in [-0.15, -0.1) is 10.2 Å². The van der Waals surface area contributed by atoms with Crippen molar-refractivity contribution in [1.29, 1.82) is 0 Å². The van der Waals surface area contributed by atoms with E-state index in [1.807, 2.05) is 30.3 Å². The molecule has 0 bridgehead atoms.